The first-order valence-corrected chi connectivity index (χ1v) is 6.50. The summed E-state index contributed by atoms with van der Waals surface area (Å²) in [6, 6.07) is 4.50. The van der Waals surface area contributed by atoms with E-state index in [0.29, 0.717) is 5.92 Å². The van der Waals surface area contributed by atoms with Gasteiger partial charge in [-0.1, -0.05) is 12.1 Å². The van der Waals surface area contributed by atoms with Gasteiger partial charge in [-0.3, -0.25) is 0 Å². The summed E-state index contributed by atoms with van der Waals surface area (Å²) in [5, 5.41) is 1.42. The van der Waals surface area contributed by atoms with Gasteiger partial charge >= 0.3 is 0 Å². The van der Waals surface area contributed by atoms with Crippen LogP contribution < -0.4 is 5.73 Å². The van der Waals surface area contributed by atoms with Crippen LogP contribution in [0.1, 0.15) is 28.8 Å². The van der Waals surface area contributed by atoms with Crippen molar-refractivity contribution in [1.82, 2.24) is 4.98 Å². The molecule has 1 atom stereocenters. The summed E-state index contributed by atoms with van der Waals surface area (Å²) in [5.74, 6) is 0.670. The second-order valence-electron chi connectivity index (χ2n) is 5.36. The van der Waals surface area contributed by atoms with Crippen LogP contribution in [0.4, 0.5) is 0 Å². The average Bonchev–Trinajstić information content (AvgIpc) is 2.72. The number of fused-ring (bicyclic) bond motifs is 3. The number of nitrogens with two attached hydrogens (primary N) is 1. The van der Waals surface area contributed by atoms with Gasteiger partial charge in [0.15, 0.2) is 0 Å². The Morgan fingerprint density at radius 1 is 1.35 bits per heavy atom. The third-order valence-corrected chi connectivity index (χ3v) is 4.33. The molecule has 0 saturated carbocycles. The maximum atomic E-state index is 5.82. The van der Waals surface area contributed by atoms with Gasteiger partial charge in [0.1, 0.15) is 0 Å². The molecular formula is C15H20N2. The number of aryl methyl sites for hydroxylation is 3. The SMILES string of the molecule is Cc1ccc2c3c([nH]c2c1C)CCC(CN)C3. The predicted molar refractivity (Wildman–Crippen MR) is 72.3 cm³/mol. The number of aromatic amines is 1. The van der Waals surface area contributed by atoms with Crippen LogP contribution in [0, 0.1) is 19.8 Å². The zero-order valence-electron chi connectivity index (χ0n) is 10.6. The molecule has 1 aromatic carbocycles. The van der Waals surface area contributed by atoms with E-state index in [2.05, 4.69) is 31.0 Å². The van der Waals surface area contributed by atoms with E-state index in [1.54, 1.807) is 0 Å². The van der Waals surface area contributed by atoms with Crippen molar-refractivity contribution >= 4 is 10.9 Å². The minimum atomic E-state index is 0.670. The van der Waals surface area contributed by atoms with E-state index in [1.807, 2.05) is 0 Å². The quantitative estimate of drug-likeness (QED) is 0.774. The summed E-state index contributed by atoms with van der Waals surface area (Å²) >= 11 is 0. The molecule has 2 heteroatoms. The number of hydrogen-bond acceptors (Lipinski definition) is 1. The fourth-order valence-electron chi connectivity index (χ4n) is 3.00. The Morgan fingerprint density at radius 2 is 2.18 bits per heavy atom. The molecule has 0 saturated heterocycles. The van der Waals surface area contributed by atoms with Gasteiger partial charge in [0.2, 0.25) is 0 Å². The Labute approximate surface area is 102 Å². The molecule has 1 aromatic heterocycles. The molecule has 0 fully saturated rings. The molecule has 1 aliphatic rings. The monoisotopic (exact) mass is 228 g/mol. The second kappa shape index (κ2) is 3.88. The maximum Gasteiger partial charge on any atom is 0.0491 e. The molecule has 3 rings (SSSR count). The Hall–Kier alpha value is -1.28. The van der Waals surface area contributed by atoms with Crippen molar-refractivity contribution in [3.05, 3.63) is 34.5 Å². The molecule has 90 valence electrons. The highest BCUT2D eigenvalue weighted by molar-refractivity contribution is 5.88. The molecule has 0 spiro atoms. The highest BCUT2D eigenvalue weighted by Crippen LogP contribution is 2.33. The summed E-state index contributed by atoms with van der Waals surface area (Å²) in [5.41, 5.74) is 12.9. The topological polar surface area (TPSA) is 41.8 Å². The fraction of sp³-hybridized carbons (Fsp3) is 0.467. The van der Waals surface area contributed by atoms with Gasteiger partial charge in [-0.15, -0.1) is 0 Å². The molecule has 0 amide bonds. The van der Waals surface area contributed by atoms with E-state index in [4.69, 9.17) is 5.73 Å². The molecule has 0 aliphatic heterocycles. The van der Waals surface area contributed by atoms with E-state index < -0.39 is 0 Å². The first kappa shape index (κ1) is 10.8. The smallest absolute Gasteiger partial charge is 0.0491 e. The minimum absolute atomic E-state index is 0.670. The Morgan fingerprint density at radius 3 is 2.94 bits per heavy atom. The summed E-state index contributed by atoms with van der Waals surface area (Å²) < 4.78 is 0. The number of nitrogens with one attached hydrogen (secondary N) is 1. The molecule has 2 aromatic rings. The zero-order chi connectivity index (χ0) is 12.0. The van der Waals surface area contributed by atoms with Crippen molar-refractivity contribution in [1.29, 1.82) is 0 Å². The van der Waals surface area contributed by atoms with E-state index in [0.717, 1.165) is 19.4 Å². The molecule has 1 heterocycles. The fourth-order valence-corrected chi connectivity index (χ4v) is 3.00. The highest BCUT2D eigenvalue weighted by Gasteiger charge is 2.22. The number of aromatic nitrogens is 1. The summed E-state index contributed by atoms with van der Waals surface area (Å²) in [6.45, 7) is 5.20. The summed E-state index contributed by atoms with van der Waals surface area (Å²) in [6.07, 6.45) is 3.53. The number of benzene rings is 1. The predicted octanol–water partition coefficient (Wildman–Crippen LogP) is 2.85. The third kappa shape index (κ3) is 1.59. The van der Waals surface area contributed by atoms with E-state index in [1.165, 1.54) is 39.7 Å². The van der Waals surface area contributed by atoms with Crippen LogP contribution in [-0.2, 0) is 12.8 Å². The van der Waals surface area contributed by atoms with E-state index in [-0.39, 0.29) is 0 Å². The first-order chi connectivity index (χ1) is 8.20. The van der Waals surface area contributed by atoms with Crippen molar-refractivity contribution in [2.45, 2.75) is 33.1 Å². The van der Waals surface area contributed by atoms with Crippen LogP contribution in [-0.4, -0.2) is 11.5 Å². The molecular weight excluding hydrogens is 208 g/mol. The largest absolute Gasteiger partial charge is 0.358 e. The number of hydrogen-bond donors (Lipinski definition) is 2. The van der Waals surface area contributed by atoms with Crippen LogP contribution in [0.5, 0.6) is 0 Å². The molecule has 1 aliphatic carbocycles. The van der Waals surface area contributed by atoms with Crippen molar-refractivity contribution in [3.63, 3.8) is 0 Å². The van der Waals surface area contributed by atoms with Crippen LogP contribution in [0.25, 0.3) is 10.9 Å². The van der Waals surface area contributed by atoms with Gasteiger partial charge in [0.25, 0.3) is 0 Å². The standard InChI is InChI=1S/C15H20N2/c1-9-3-5-12-13-7-11(8-16)4-6-14(13)17-15(12)10(9)2/h3,5,11,17H,4,6-8,16H2,1-2H3. The minimum Gasteiger partial charge on any atom is -0.358 e. The van der Waals surface area contributed by atoms with Gasteiger partial charge in [0, 0.05) is 16.6 Å². The lowest BCUT2D eigenvalue weighted by atomic mass is 9.86. The Bertz CT molecular complexity index is 566. The molecule has 17 heavy (non-hydrogen) atoms. The lowest BCUT2D eigenvalue weighted by molar-refractivity contribution is 0.468. The maximum absolute atomic E-state index is 5.82. The van der Waals surface area contributed by atoms with E-state index >= 15 is 0 Å². The normalized spacial score (nSPS) is 19.6. The first-order valence-electron chi connectivity index (χ1n) is 6.50. The highest BCUT2D eigenvalue weighted by atomic mass is 14.7. The van der Waals surface area contributed by atoms with Gasteiger partial charge < -0.3 is 10.7 Å². The molecule has 1 unspecified atom stereocenters. The average molecular weight is 228 g/mol. The molecule has 3 N–H and O–H groups in total. The number of rotatable bonds is 1. The summed E-state index contributed by atoms with van der Waals surface area (Å²) in [4.78, 5) is 3.63. The van der Waals surface area contributed by atoms with Gasteiger partial charge in [-0.25, -0.2) is 0 Å². The van der Waals surface area contributed by atoms with Gasteiger partial charge in [0.05, 0.1) is 0 Å². The van der Waals surface area contributed by atoms with Gasteiger partial charge in [-0.2, -0.15) is 0 Å². The van der Waals surface area contributed by atoms with Crippen molar-refractivity contribution in [2.24, 2.45) is 11.7 Å². The Balaban J connectivity index is 2.19. The molecule has 0 radical (unpaired) electrons. The molecule has 2 nitrogen and oxygen atoms in total. The summed E-state index contributed by atoms with van der Waals surface area (Å²) in [7, 11) is 0. The van der Waals surface area contributed by atoms with Crippen LogP contribution in [0.15, 0.2) is 12.1 Å². The zero-order valence-corrected chi connectivity index (χ0v) is 10.6. The van der Waals surface area contributed by atoms with Crippen molar-refractivity contribution < 1.29 is 0 Å². The lowest BCUT2D eigenvalue weighted by Gasteiger charge is -2.20. The number of H-pyrrole nitrogens is 1. The molecule has 0 bridgehead atoms. The van der Waals surface area contributed by atoms with E-state index in [9.17, 15) is 0 Å². The van der Waals surface area contributed by atoms with Crippen molar-refractivity contribution in [3.8, 4) is 0 Å². The van der Waals surface area contributed by atoms with Crippen molar-refractivity contribution in [2.75, 3.05) is 6.54 Å². The third-order valence-electron chi connectivity index (χ3n) is 4.33. The van der Waals surface area contributed by atoms with Crippen LogP contribution in [0.2, 0.25) is 0 Å². The lowest BCUT2D eigenvalue weighted by Crippen LogP contribution is -2.21. The van der Waals surface area contributed by atoms with Crippen LogP contribution in [0.3, 0.4) is 0 Å². The Kier molecular flexibility index (Phi) is 2.48. The van der Waals surface area contributed by atoms with Gasteiger partial charge in [-0.05, 0) is 62.3 Å². The van der Waals surface area contributed by atoms with Crippen LogP contribution >= 0.6 is 0 Å². The second-order valence-corrected chi connectivity index (χ2v) is 5.36.